The average Bonchev–Trinajstić information content (AvgIpc) is 3.03. The van der Waals surface area contributed by atoms with E-state index in [0.29, 0.717) is 13.1 Å². The molecule has 1 fully saturated rings. The molecule has 21 heavy (non-hydrogen) atoms. The first kappa shape index (κ1) is 13.9. The monoisotopic (exact) mass is 288 g/mol. The molecule has 112 valence electrons. The summed E-state index contributed by atoms with van der Waals surface area (Å²) in [5, 5.41) is 4.54. The minimum atomic E-state index is -0.459. The summed E-state index contributed by atoms with van der Waals surface area (Å²) >= 11 is 0. The molecule has 0 spiro atoms. The Morgan fingerprint density at radius 2 is 2.19 bits per heavy atom. The maximum atomic E-state index is 12.1. The normalized spacial score (nSPS) is 19.2. The summed E-state index contributed by atoms with van der Waals surface area (Å²) in [6.07, 6.45) is 4.33. The summed E-state index contributed by atoms with van der Waals surface area (Å²) in [5.74, 6) is 0. The fraction of sp³-hybridized carbons (Fsp3) is 0.533. The molecule has 0 bridgehead atoms. The maximum Gasteiger partial charge on any atom is 0.410 e. The molecular formula is C15H20N4O2. The van der Waals surface area contributed by atoms with Gasteiger partial charge in [0, 0.05) is 19.3 Å². The lowest BCUT2D eigenvalue weighted by atomic mass is 10.2. The van der Waals surface area contributed by atoms with Gasteiger partial charge in [0.2, 0.25) is 0 Å². The van der Waals surface area contributed by atoms with Crippen molar-refractivity contribution in [2.24, 2.45) is 0 Å². The van der Waals surface area contributed by atoms with E-state index in [9.17, 15) is 4.79 Å². The number of aromatic nitrogens is 3. The standard InChI is InChI=1S/C15H20N4O2/c1-15(2,3)21-14(20)18-8-6-11(9-18)19-10-13-12(17-19)5-4-7-16-13/h4-5,7,10-11H,6,8-9H2,1-3H3. The lowest BCUT2D eigenvalue weighted by Crippen LogP contribution is -2.35. The minimum absolute atomic E-state index is 0.187. The fourth-order valence-corrected chi connectivity index (χ4v) is 2.51. The zero-order valence-corrected chi connectivity index (χ0v) is 12.6. The van der Waals surface area contributed by atoms with Gasteiger partial charge < -0.3 is 9.64 Å². The van der Waals surface area contributed by atoms with E-state index < -0.39 is 5.60 Å². The molecule has 0 N–H and O–H groups in total. The van der Waals surface area contributed by atoms with E-state index in [1.54, 1.807) is 11.1 Å². The van der Waals surface area contributed by atoms with E-state index in [4.69, 9.17) is 4.74 Å². The molecule has 1 unspecified atom stereocenters. The van der Waals surface area contributed by atoms with Crippen molar-refractivity contribution in [2.45, 2.75) is 38.8 Å². The van der Waals surface area contributed by atoms with Crippen LogP contribution >= 0.6 is 0 Å². The van der Waals surface area contributed by atoms with Gasteiger partial charge in [-0.3, -0.25) is 9.67 Å². The van der Waals surface area contributed by atoms with Crippen LogP contribution in [0.5, 0.6) is 0 Å². The van der Waals surface area contributed by atoms with Crippen LogP contribution in [0.25, 0.3) is 11.0 Å². The molecule has 0 aromatic carbocycles. The van der Waals surface area contributed by atoms with E-state index in [1.165, 1.54) is 0 Å². The highest BCUT2D eigenvalue weighted by molar-refractivity contribution is 5.72. The van der Waals surface area contributed by atoms with Gasteiger partial charge in [-0.05, 0) is 39.3 Å². The van der Waals surface area contributed by atoms with Crippen molar-refractivity contribution in [3.63, 3.8) is 0 Å². The highest BCUT2D eigenvalue weighted by atomic mass is 16.6. The van der Waals surface area contributed by atoms with Crippen LogP contribution in [-0.4, -0.2) is 44.4 Å². The Labute approximate surface area is 123 Å². The predicted molar refractivity (Wildman–Crippen MR) is 79.0 cm³/mol. The molecule has 0 saturated carbocycles. The second-order valence-corrected chi connectivity index (χ2v) is 6.39. The summed E-state index contributed by atoms with van der Waals surface area (Å²) < 4.78 is 7.33. The Hall–Kier alpha value is -2.11. The van der Waals surface area contributed by atoms with Crippen molar-refractivity contribution in [2.75, 3.05) is 13.1 Å². The van der Waals surface area contributed by atoms with Crippen LogP contribution in [0.3, 0.4) is 0 Å². The predicted octanol–water partition coefficient (Wildman–Crippen LogP) is 2.61. The van der Waals surface area contributed by atoms with Crippen LogP contribution < -0.4 is 0 Å². The molecule has 6 heteroatoms. The molecular weight excluding hydrogens is 268 g/mol. The smallest absolute Gasteiger partial charge is 0.410 e. The molecule has 0 aliphatic carbocycles. The fourth-order valence-electron chi connectivity index (χ4n) is 2.51. The Morgan fingerprint density at radius 3 is 2.90 bits per heavy atom. The number of amides is 1. The van der Waals surface area contributed by atoms with Crippen molar-refractivity contribution in [1.29, 1.82) is 0 Å². The molecule has 0 radical (unpaired) electrons. The Balaban J connectivity index is 1.70. The zero-order valence-electron chi connectivity index (χ0n) is 12.6. The molecule has 1 amide bonds. The van der Waals surface area contributed by atoms with E-state index in [-0.39, 0.29) is 12.1 Å². The number of carbonyl (C=O) groups excluding carboxylic acids is 1. The number of hydrogen-bond donors (Lipinski definition) is 0. The first-order valence-electron chi connectivity index (χ1n) is 7.20. The zero-order chi connectivity index (χ0) is 15.0. The molecule has 3 rings (SSSR count). The SMILES string of the molecule is CC(C)(C)OC(=O)N1CCC(n2cc3ncccc3n2)C1. The summed E-state index contributed by atoms with van der Waals surface area (Å²) in [5.41, 5.74) is 1.31. The van der Waals surface area contributed by atoms with E-state index in [0.717, 1.165) is 17.5 Å². The lowest BCUT2D eigenvalue weighted by Gasteiger charge is -2.24. The van der Waals surface area contributed by atoms with Crippen molar-refractivity contribution < 1.29 is 9.53 Å². The molecule has 1 aliphatic rings. The minimum Gasteiger partial charge on any atom is -0.444 e. The van der Waals surface area contributed by atoms with Crippen LogP contribution in [0.2, 0.25) is 0 Å². The average molecular weight is 288 g/mol. The number of likely N-dealkylation sites (tertiary alicyclic amines) is 1. The van der Waals surface area contributed by atoms with Gasteiger partial charge in [-0.25, -0.2) is 4.79 Å². The summed E-state index contributed by atoms with van der Waals surface area (Å²) in [6.45, 7) is 6.96. The van der Waals surface area contributed by atoms with Gasteiger partial charge in [-0.15, -0.1) is 0 Å². The van der Waals surface area contributed by atoms with Crippen LogP contribution in [0.1, 0.15) is 33.2 Å². The van der Waals surface area contributed by atoms with Gasteiger partial charge in [-0.1, -0.05) is 0 Å². The molecule has 2 aromatic heterocycles. The number of hydrogen-bond acceptors (Lipinski definition) is 4. The second-order valence-electron chi connectivity index (χ2n) is 6.39. The third-order valence-electron chi connectivity index (χ3n) is 3.48. The van der Waals surface area contributed by atoms with E-state index >= 15 is 0 Å². The Morgan fingerprint density at radius 1 is 1.38 bits per heavy atom. The highest BCUT2D eigenvalue weighted by Crippen LogP contribution is 2.24. The summed E-state index contributed by atoms with van der Waals surface area (Å²) in [6, 6.07) is 4.01. The van der Waals surface area contributed by atoms with Crippen molar-refractivity contribution in [3.8, 4) is 0 Å². The first-order chi connectivity index (χ1) is 9.92. The number of ether oxygens (including phenoxy) is 1. The Kier molecular flexibility index (Phi) is 3.31. The van der Waals surface area contributed by atoms with Crippen molar-refractivity contribution >= 4 is 17.1 Å². The number of pyridine rings is 1. The van der Waals surface area contributed by atoms with Crippen LogP contribution in [0.4, 0.5) is 4.79 Å². The maximum absolute atomic E-state index is 12.1. The van der Waals surface area contributed by atoms with Crippen LogP contribution in [0, 0.1) is 0 Å². The van der Waals surface area contributed by atoms with Crippen LogP contribution in [-0.2, 0) is 4.74 Å². The van der Waals surface area contributed by atoms with Crippen molar-refractivity contribution in [3.05, 3.63) is 24.5 Å². The van der Waals surface area contributed by atoms with Gasteiger partial charge in [0.25, 0.3) is 0 Å². The number of fused-ring (bicyclic) bond motifs is 1. The molecule has 3 heterocycles. The lowest BCUT2D eigenvalue weighted by molar-refractivity contribution is 0.0288. The molecule has 1 saturated heterocycles. The van der Waals surface area contributed by atoms with Gasteiger partial charge in [0.15, 0.2) is 0 Å². The number of rotatable bonds is 1. The van der Waals surface area contributed by atoms with Gasteiger partial charge >= 0.3 is 6.09 Å². The molecule has 6 nitrogen and oxygen atoms in total. The molecule has 2 aromatic rings. The second kappa shape index (κ2) is 5.02. The van der Waals surface area contributed by atoms with Gasteiger partial charge in [0.1, 0.15) is 16.6 Å². The topological polar surface area (TPSA) is 60.2 Å². The third kappa shape index (κ3) is 2.99. The molecule has 1 aliphatic heterocycles. The molecule has 1 atom stereocenters. The van der Waals surface area contributed by atoms with E-state index in [1.807, 2.05) is 43.8 Å². The summed E-state index contributed by atoms with van der Waals surface area (Å²) in [7, 11) is 0. The summed E-state index contributed by atoms with van der Waals surface area (Å²) in [4.78, 5) is 18.1. The van der Waals surface area contributed by atoms with Gasteiger partial charge in [-0.2, -0.15) is 5.10 Å². The van der Waals surface area contributed by atoms with Gasteiger partial charge in [0.05, 0.1) is 12.2 Å². The van der Waals surface area contributed by atoms with E-state index in [2.05, 4.69) is 10.1 Å². The van der Waals surface area contributed by atoms with Crippen LogP contribution in [0.15, 0.2) is 24.5 Å². The number of nitrogens with zero attached hydrogens (tertiary/aromatic N) is 4. The number of carbonyl (C=O) groups is 1. The Bertz CT molecular complexity index is 626. The van der Waals surface area contributed by atoms with Crippen molar-refractivity contribution in [1.82, 2.24) is 19.7 Å². The largest absolute Gasteiger partial charge is 0.444 e. The quantitative estimate of drug-likeness (QED) is 0.809. The first-order valence-corrected chi connectivity index (χ1v) is 7.20. The third-order valence-corrected chi connectivity index (χ3v) is 3.48. The highest BCUT2D eigenvalue weighted by Gasteiger charge is 2.31.